The summed E-state index contributed by atoms with van der Waals surface area (Å²) in [6.45, 7) is 2.68. The van der Waals surface area contributed by atoms with Crippen molar-refractivity contribution in [3.05, 3.63) is 41.6 Å². The van der Waals surface area contributed by atoms with Crippen LogP contribution in [0.3, 0.4) is 0 Å². The molecule has 0 saturated heterocycles. The van der Waals surface area contributed by atoms with E-state index in [1.165, 1.54) is 13.8 Å². The zero-order valence-electron chi connectivity index (χ0n) is 14.1. The Labute approximate surface area is 150 Å². The predicted molar refractivity (Wildman–Crippen MR) is 84.1 cm³/mol. The lowest BCUT2D eigenvalue weighted by Crippen LogP contribution is -2.20. The van der Waals surface area contributed by atoms with Crippen LogP contribution in [0, 0.1) is 0 Å². The monoisotopic (exact) mass is 416 g/mol. The largest absolute Gasteiger partial charge is 0.435 e. The molecular weight excluding hydrogens is 401 g/mol. The van der Waals surface area contributed by atoms with E-state index in [-0.39, 0.29) is 18.9 Å². The fourth-order valence-electron chi connectivity index (χ4n) is 2.20. The maximum Gasteiger partial charge on any atom is 0.435 e. The van der Waals surface area contributed by atoms with Gasteiger partial charge in [0.15, 0.2) is 11.1 Å². The smallest absolute Gasteiger partial charge is 0.304 e. The summed E-state index contributed by atoms with van der Waals surface area (Å²) >= 11 is 0. The van der Waals surface area contributed by atoms with Crippen LogP contribution in [0.15, 0.2) is 30.3 Å². The van der Waals surface area contributed by atoms with Gasteiger partial charge in [-0.05, 0) is 38.1 Å². The van der Waals surface area contributed by atoms with Crippen LogP contribution in [0.5, 0.6) is 0 Å². The van der Waals surface area contributed by atoms with Crippen molar-refractivity contribution in [2.24, 2.45) is 0 Å². The number of nitrogens with zero attached hydrogens (tertiary/aromatic N) is 2. The quantitative estimate of drug-likeness (QED) is 0.502. The van der Waals surface area contributed by atoms with Gasteiger partial charge in [0, 0.05) is 6.07 Å². The number of alkyl halides is 6. The highest BCUT2D eigenvalue weighted by Crippen LogP contribution is 2.48. The highest BCUT2D eigenvalue weighted by molar-refractivity contribution is 7.62. The molecule has 1 aromatic carbocycles. The summed E-state index contributed by atoms with van der Waals surface area (Å²) in [7, 11) is -4.19. The lowest BCUT2D eigenvalue weighted by Gasteiger charge is -2.18. The van der Waals surface area contributed by atoms with Gasteiger partial charge in [-0.3, -0.25) is 4.57 Å². The molecular formula is C15H15F6N2O3P. The predicted octanol–water partition coefficient (Wildman–Crippen LogP) is 4.80. The van der Waals surface area contributed by atoms with E-state index in [0.29, 0.717) is 22.9 Å². The molecule has 0 saturated carbocycles. The van der Waals surface area contributed by atoms with Crippen molar-refractivity contribution < 1.29 is 40.0 Å². The second kappa shape index (κ2) is 7.65. The normalized spacial score (nSPS) is 13.2. The van der Waals surface area contributed by atoms with Crippen molar-refractivity contribution in [2.45, 2.75) is 26.2 Å². The zero-order valence-corrected chi connectivity index (χ0v) is 15.0. The lowest BCUT2D eigenvalue weighted by atomic mass is 10.2. The van der Waals surface area contributed by atoms with E-state index < -0.39 is 36.6 Å². The van der Waals surface area contributed by atoms with Gasteiger partial charge in [-0.25, -0.2) is 4.68 Å². The molecule has 0 bridgehead atoms. The number of hydrogen-bond donors (Lipinski definition) is 0. The van der Waals surface area contributed by atoms with Crippen molar-refractivity contribution in [2.75, 3.05) is 13.2 Å². The Kier molecular flexibility index (Phi) is 6.08. The van der Waals surface area contributed by atoms with Crippen molar-refractivity contribution in [3.8, 4) is 5.69 Å². The summed E-state index contributed by atoms with van der Waals surface area (Å²) in [6.07, 6.45) is -9.48. The number of aromatic nitrogens is 2. The molecule has 0 aliphatic rings. The van der Waals surface area contributed by atoms with E-state index in [2.05, 4.69) is 5.10 Å². The van der Waals surface area contributed by atoms with Crippen LogP contribution in [0.1, 0.15) is 25.1 Å². The first-order chi connectivity index (χ1) is 12.4. The summed E-state index contributed by atoms with van der Waals surface area (Å²) in [5.41, 5.74) is -3.06. The van der Waals surface area contributed by atoms with E-state index in [9.17, 15) is 30.9 Å². The molecule has 0 fully saturated rings. The van der Waals surface area contributed by atoms with E-state index in [4.69, 9.17) is 9.05 Å². The number of rotatable bonds is 6. The number of benzene rings is 1. The van der Waals surface area contributed by atoms with Gasteiger partial charge in [0.25, 0.3) is 0 Å². The van der Waals surface area contributed by atoms with Crippen LogP contribution in [0.25, 0.3) is 5.69 Å². The fraction of sp³-hybridized carbons (Fsp3) is 0.400. The van der Waals surface area contributed by atoms with Crippen LogP contribution >= 0.6 is 7.60 Å². The van der Waals surface area contributed by atoms with Crippen LogP contribution < -0.4 is 5.44 Å². The van der Waals surface area contributed by atoms with Crippen LogP contribution in [0.4, 0.5) is 26.3 Å². The van der Waals surface area contributed by atoms with E-state index in [1.54, 1.807) is 0 Å². The molecule has 0 spiro atoms. The highest BCUT2D eigenvalue weighted by Gasteiger charge is 2.40. The molecule has 0 aliphatic heterocycles. The summed E-state index contributed by atoms with van der Waals surface area (Å²) in [5.74, 6) is 0. The Morgan fingerprint density at radius 3 is 1.89 bits per heavy atom. The van der Waals surface area contributed by atoms with Crippen molar-refractivity contribution in [1.82, 2.24) is 9.78 Å². The maximum absolute atomic E-state index is 13.1. The van der Waals surface area contributed by atoms with E-state index >= 15 is 0 Å². The van der Waals surface area contributed by atoms with Gasteiger partial charge in [-0.2, -0.15) is 31.4 Å². The summed E-state index contributed by atoms with van der Waals surface area (Å²) < 4.78 is 101. The number of hydrogen-bond acceptors (Lipinski definition) is 4. The lowest BCUT2D eigenvalue weighted by molar-refractivity contribution is -0.141. The third-order valence-electron chi connectivity index (χ3n) is 3.30. The fourth-order valence-corrected chi connectivity index (χ4v) is 3.89. The Morgan fingerprint density at radius 2 is 1.48 bits per heavy atom. The summed E-state index contributed by atoms with van der Waals surface area (Å²) in [6, 6.07) is 3.70. The maximum atomic E-state index is 13.1. The van der Waals surface area contributed by atoms with Crippen LogP contribution in [-0.2, 0) is 26.0 Å². The van der Waals surface area contributed by atoms with Gasteiger partial charge in [-0.15, -0.1) is 0 Å². The molecule has 0 radical (unpaired) electrons. The Balaban J connectivity index is 2.64. The molecule has 0 amide bonds. The molecule has 2 rings (SSSR count). The van der Waals surface area contributed by atoms with E-state index in [1.807, 2.05) is 0 Å². The number of halogens is 6. The first-order valence-electron chi connectivity index (χ1n) is 7.67. The third-order valence-corrected chi connectivity index (χ3v) is 5.37. The SMILES string of the molecule is CCOP(=O)(OCC)c1cc(C(F)(F)F)nn1-c1ccc(C(F)(F)F)cc1. The van der Waals surface area contributed by atoms with Crippen molar-refractivity contribution >= 4 is 13.0 Å². The van der Waals surface area contributed by atoms with Crippen LogP contribution in [-0.4, -0.2) is 23.0 Å². The average molecular weight is 416 g/mol. The van der Waals surface area contributed by atoms with Crippen LogP contribution in [0.2, 0.25) is 0 Å². The Bertz CT molecular complexity index is 820. The van der Waals surface area contributed by atoms with E-state index in [0.717, 1.165) is 12.1 Å². The molecule has 5 nitrogen and oxygen atoms in total. The first kappa shape index (κ1) is 21.5. The average Bonchev–Trinajstić information content (AvgIpc) is 3.01. The van der Waals surface area contributed by atoms with Gasteiger partial charge < -0.3 is 9.05 Å². The first-order valence-corrected chi connectivity index (χ1v) is 9.21. The molecule has 2 aromatic rings. The minimum atomic E-state index is -4.87. The summed E-state index contributed by atoms with van der Waals surface area (Å²) in [4.78, 5) is 0. The zero-order chi connectivity index (χ0) is 20.5. The van der Waals surface area contributed by atoms with Gasteiger partial charge in [-0.1, -0.05) is 0 Å². The highest BCUT2D eigenvalue weighted by atomic mass is 31.2. The molecule has 150 valence electrons. The van der Waals surface area contributed by atoms with Crippen molar-refractivity contribution in [3.63, 3.8) is 0 Å². The summed E-state index contributed by atoms with van der Waals surface area (Å²) in [5, 5.41) is 3.35. The van der Waals surface area contributed by atoms with Gasteiger partial charge in [0.05, 0.1) is 24.5 Å². The van der Waals surface area contributed by atoms with Gasteiger partial charge in [0.1, 0.15) is 0 Å². The molecule has 0 aliphatic carbocycles. The second-order valence-corrected chi connectivity index (χ2v) is 7.14. The Morgan fingerprint density at radius 1 is 0.963 bits per heavy atom. The molecule has 12 heteroatoms. The van der Waals surface area contributed by atoms with Gasteiger partial charge >= 0.3 is 19.9 Å². The topological polar surface area (TPSA) is 53.4 Å². The minimum Gasteiger partial charge on any atom is -0.304 e. The molecule has 27 heavy (non-hydrogen) atoms. The van der Waals surface area contributed by atoms with Crippen molar-refractivity contribution in [1.29, 1.82) is 0 Å². The van der Waals surface area contributed by atoms with Gasteiger partial charge in [0.2, 0.25) is 0 Å². The Hall–Kier alpha value is -1.84. The molecule has 1 heterocycles. The molecule has 0 atom stereocenters. The molecule has 0 unspecified atom stereocenters. The standard InChI is InChI=1S/C15H15F6N2O3P/c1-3-25-27(24,26-4-2)13-9-12(15(19,20)21)22-23(13)11-7-5-10(6-8-11)14(16,17)18/h5-9H,3-4H2,1-2H3. The minimum absolute atomic E-state index is 0.128. The molecule has 0 N–H and O–H groups in total. The second-order valence-electron chi connectivity index (χ2n) is 5.17. The molecule has 1 aromatic heterocycles. The third kappa shape index (κ3) is 4.72.